The summed E-state index contributed by atoms with van der Waals surface area (Å²) in [5.41, 5.74) is 2.81. The van der Waals surface area contributed by atoms with E-state index < -0.39 is 6.04 Å². The minimum atomic E-state index is -0.673. The number of carbonyl (C=O) groups is 3. The number of hydrogen-bond donors (Lipinski definition) is 1. The molecular formula is C26H28ClN3O3. The molecule has 2 fully saturated rings. The third kappa shape index (κ3) is 4.49. The van der Waals surface area contributed by atoms with Crippen molar-refractivity contribution in [2.75, 3.05) is 25.0 Å². The van der Waals surface area contributed by atoms with Crippen molar-refractivity contribution in [1.29, 1.82) is 0 Å². The number of anilines is 1. The second kappa shape index (κ2) is 9.18. The minimum Gasteiger partial charge on any atom is -0.338 e. The van der Waals surface area contributed by atoms with Crippen molar-refractivity contribution in [2.45, 2.75) is 44.6 Å². The summed E-state index contributed by atoms with van der Waals surface area (Å²) in [6, 6.07) is 12.3. The number of benzene rings is 2. The van der Waals surface area contributed by atoms with Crippen LogP contribution in [0.4, 0.5) is 5.69 Å². The molecule has 6 nitrogen and oxygen atoms in total. The van der Waals surface area contributed by atoms with Gasteiger partial charge in [0.15, 0.2) is 0 Å². The maximum absolute atomic E-state index is 13.5. The van der Waals surface area contributed by atoms with Gasteiger partial charge in [0.1, 0.15) is 6.04 Å². The molecule has 2 aromatic carbocycles. The van der Waals surface area contributed by atoms with Crippen LogP contribution in [0.1, 0.15) is 48.9 Å². The van der Waals surface area contributed by atoms with E-state index in [1.54, 1.807) is 15.9 Å². The molecule has 7 heteroatoms. The summed E-state index contributed by atoms with van der Waals surface area (Å²) in [4.78, 5) is 42.8. The van der Waals surface area contributed by atoms with E-state index in [0.717, 1.165) is 24.0 Å². The number of nitrogens with one attached hydrogen (secondary N) is 1. The predicted molar refractivity (Wildman–Crippen MR) is 128 cm³/mol. The van der Waals surface area contributed by atoms with Crippen molar-refractivity contribution in [1.82, 2.24) is 9.80 Å². The van der Waals surface area contributed by atoms with Gasteiger partial charge in [-0.3, -0.25) is 14.4 Å². The first-order valence-electron chi connectivity index (χ1n) is 11.8. The molecular weight excluding hydrogens is 438 g/mol. The van der Waals surface area contributed by atoms with Crippen LogP contribution in [-0.4, -0.2) is 53.2 Å². The molecule has 1 unspecified atom stereocenters. The van der Waals surface area contributed by atoms with Gasteiger partial charge < -0.3 is 15.1 Å². The van der Waals surface area contributed by atoms with E-state index in [9.17, 15) is 14.4 Å². The molecule has 2 aromatic rings. The van der Waals surface area contributed by atoms with Crippen LogP contribution in [0.3, 0.4) is 0 Å². The Morgan fingerprint density at radius 1 is 0.970 bits per heavy atom. The molecule has 0 aromatic heterocycles. The Morgan fingerprint density at radius 3 is 2.45 bits per heavy atom. The summed E-state index contributed by atoms with van der Waals surface area (Å²) in [5.74, 6) is 0.137. The van der Waals surface area contributed by atoms with Crippen LogP contribution in [0.2, 0.25) is 5.02 Å². The maximum Gasteiger partial charge on any atom is 0.256 e. The van der Waals surface area contributed by atoms with Gasteiger partial charge in [0.25, 0.3) is 5.91 Å². The number of rotatable bonds is 3. The first-order valence-corrected chi connectivity index (χ1v) is 12.2. The van der Waals surface area contributed by atoms with Gasteiger partial charge in [0.2, 0.25) is 11.8 Å². The SMILES string of the molecule is O=C1Nc2ccc(-c3ccc(Cl)cc3)cc2C(=O)N2CCN(C(=O)CC3CCCCC3)CC12. The predicted octanol–water partition coefficient (Wildman–Crippen LogP) is 4.58. The van der Waals surface area contributed by atoms with Gasteiger partial charge in [-0.25, -0.2) is 0 Å². The minimum absolute atomic E-state index is 0.105. The fraction of sp³-hybridized carbons (Fsp3) is 0.423. The molecule has 172 valence electrons. The van der Waals surface area contributed by atoms with Crippen molar-refractivity contribution < 1.29 is 14.4 Å². The standard InChI is InChI=1S/C26H28ClN3O3/c27-20-9-6-18(7-10-20)19-8-11-22-21(15-19)26(33)30-13-12-29(16-23(30)25(32)28-22)24(31)14-17-4-2-1-3-5-17/h6-11,15,17,23H,1-5,12-14,16H2,(H,28,32). The third-order valence-corrected chi connectivity index (χ3v) is 7.42. The van der Waals surface area contributed by atoms with Crippen molar-refractivity contribution >= 4 is 35.0 Å². The number of fused-ring (bicyclic) bond motifs is 2. The summed E-state index contributed by atoms with van der Waals surface area (Å²) < 4.78 is 0. The lowest BCUT2D eigenvalue weighted by atomic mass is 9.86. The van der Waals surface area contributed by atoms with Crippen molar-refractivity contribution in [3.05, 3.63) is 53.1 Å². The lowest BCUT2D eigenvalue weighted by Gasteiger charge is -2.40. The van der Waals surface area contributed by atoms with E-state index >= 15 is 0 Å². The Bertz CT molecular complexity index is 1080. The van der Waals surface area contributed by atoms with Gasteiger partial charge in [0, 0.05) is 24.5 Å². The second-order valence-corrected chi connectivity index (χ2v) is 9.76. The highest BCUT2D eigenvalue weighted by Gasteiger charge is 2.40. The van der Waals surface area contributed by atoms with Gasteiger partial charge in [-0.05, 0) is 54.2 Å². The molecule has 0 bridgehead atoms. The van der Waals surface area contributed by atoms with Crippen LogP contribution in [0.15, 0.2) is 42.5 Å². The van der Waals surface area contributed by atoms with Crippen molar-refractivity contribution in [3.8, 4) is 11.1 Å². The summed E-state index contributed by atoms with van der Waals surface area (Å²) >= 11 is 6.00. The van der Waals surface area contributed by atoms with Crippen LogP contribution in [0, 0.1) is 5.92 Å². The van der Waals surface area contributed by atoms with E-state index in [1.807, 2.05) is 36.4 Å². The van der Waals surface area contributed by atoms with E-state index in [4.69, 9.17) is 11.6 Å². The lowest BCUT2D eigenvalue weighted by Crippen LogP contribution is -2.59. The van der Waals surface area contributed by atoms with Crippen LogP contribution in [0.25, 0.3) is 11.1 Å². The molecule has 1 saturated carbocycles. The number of nitrogens with zero attached hydrogens (tertiary/aromatic N) is 2. The second-order valence-electron chi connectivity index (χ2n) is 9.32. The Morgan fingerprint density at radius 2 is 1.70 bits per heavy atom. The molecule has 5 rings (SSSR count). The number of piperazine rings is 1. The fourth-order valence-corrected chi connectivity index (χ4v) is 5.39. The zero-order valence-corrected chi connectivity index (χ0v) is 19.3. The van der Waals surface area contributed by atoms with Gasteiger partial charge in [-0.1, -0.05) is 49.1 Å². The molecule has 0 spiro atoms. The number of carbonyl (C=O) groups excluding carboxylic acids is 3. The number of halogens is 1. The largest absolute Gasteiger partial charge is 0.338 e. The summed E-state index contributed by atoms with van der Waals surface area (Å²) in [6.45, 7) is 1.08. The van der Waals surface area contributed by atoms with Crippen molar-refractivity contribution in [3.63, 3.8) is 0 Å². The summed E-state index contributed by atoms with van der Waals surface area (Å²) in [6.07, 6.45) is 6.42. The van der Waals surface area contributed by atoms with E-state index in [2.05, 4.69) is 5.32 Å². The molecule has 0 radical (unpaired) electrons. The average molecular weight is 466 g/mol. The molecule has 33 heavy (non-hydrogen) atoms. The Balaban J connectivity index is 1.34. The van der Waals surface area contributed by atoms with E-state index in [1.165, 1.54) is 19.3 Å². The van der Waals surface area contributed by atoms with E-state index in [-0.39, 0.29) is 24.3 Å². The molecule has 1 saturated heterocycles. The van der Waals surface area contributed by atoms with E-state index in [0.29, 0.717) is 41.7 Å². The quantitative estimate of drug-likeness (QED) is 0.721. The van der Waals surface area contributed by atoms with Gasteiger partial charge in [-0.2, -0.15) is 0 Å². The highest BCUT2D eigenvalue weighted by molar-refractivity contribution is 6.30. The van der Waals surface area contributed by atoms with Gasteiger partial charge in [0.05, 0.1) is 17.8 Å². The van der Waals surface area contributed by atoms with Crippen LogP contribution in [0.5, 0.6) is 0 Å². The topological polar surface area (TPSA) is 69.7 Å². The molecule has 3 aliphatic rings. The third-order valence-electron chi connectivity index (χ3n) is 7.17. The smallest absolute Gasteiger partial charge is 0.256 e. The highest BCUT2D eigenvalue weighted by Crippen LogP contribution is 2.31. The first kappa shape index (κ1) is 22.0. The molecule has 2 aliphatic heterocycles. The number of hydrogen-bond acceptors (Lipinski definition) is 3. The average Bonchev–Trinajstić information content (AvgIpc) is 2.94. The van der Waals surface area contributed by atoms with Crippen molar-refractivity contribution in [2.24, 2.45) is 5.92 Å². The fourth-order valence-electron chi connectivity index (χ4n) is 5.27. The number of amides is 3. The molecule has 3 amide bonds. The molecule has 2 heterocycles. The summed E-state index contributed by atoms with van der Waals surface area (Å²) in [5, 5.41) is 3.57. The zero-order chi connectivity index (χ0) is 22.9. The molecule has 1 atom stereocenters. The van der Waals surface area contributed by atoms with Crippen LogP contribution < -0.4 is 5.32 Å². The Kier molecular flexibility index (Phi) is 6.11. The molecule has 1 aliphatic carbocycles. The van der Waals surface area contributed by atoms with Gasteiger partial charge in [-0.15, -0.1) is 0 Å². The zero-order valence-electron chi connectivity index (χ0n) is 18.6. The normalized spacial score (nSPS) is 21.2. The Labute approximate surface area is 198 Å². The summed E-state index contributed by atoms with van der Waals surface area (Å²) in [7, 11) is 0. The molecule has 1 N–H and O–H groups in total. The monoisotopic (exact) mass is 465 g/mol. The van der Waals surface area contributed by atoms with Crippen LogP contribution in [-0.2, 0) is 9.59 Å². The Hall–Kier alpha value is -2.86. The maximum atomic E-state index is 13.5. The van der Waals surface area contributed by atoms with Gasteiger partial charge >= 0.3 is 0 Å². The van der Waals surface area contributed by atoms with Crippen LogP contribution >= 0.6 is 11.6 Å². The lowest BCUT2D eigenvalue weighted by molar-refractivity contribution is -0.136. The highest BCUT2D eigenvalue weighted by atomic mass is 35.5. The first-order chi connectivity index (χ1) is 16.0.